The Morgan fingerprint density at radius 2 is 2.00 bits per heavy atom. The number of hydrogen-bond donors (Lipinski definition) is 1. The van der Waals surface area contributed by atoms with Crippen LogP contribution in [0.15, 0.2) is 0 Å². The molecular formula is C10H15NO5. The molecule has 0 bridgehead atoms. The normalized spacial score (nSPS) is 25.0. The van der Waals surface area contributed by atoms with Gasteiger partial charge in [-0.2, -0.15) is 0 Å². The maximum atomic E-state index is 11.5. The molecule has 1 aliphatic rings. The summed E-state index contributed by atoms with van der Waals surface area (Å²) in [5.41, 5.74) is 0. The molecule has 6 nitrogen and oxygen atoms in total. The fraction of sp³-hybridized carbons (Fsp3) is 0.700. The van der Waals surface area contributed by atoms with E-state index in [1.54, 1.807) is 0 Å². The van der Waals surface area contributed by atoms with E-state index in [0.717, 1.165) is 0 Å². The highest BCUT2D eigenvalue weighted by Crippen LogP contribution is 2.25. The zero-order chi connectivity index (χ0) is 12.3. The molecule has 1 fully saturated rings. The lowest BCUT2D eigenvalue weighted by Gasteiger charge is -2.36. The molecule has 1 rings (SSSR count). The molecule has 0 saturated carbocycles. The van der Waals surface area contributed by atoms with Crippen molar-refractivity contribution in [1.29, 1.82) is 0 Å². The van der Waals surface area contributed by atoms with E-state index in [-0.39, 0.29) is 5.91 Å². The van der Waals surface area contributed by atoms with Crippen LogP contribution in [0.2, 0.25) is 0 Å². The number of rotatable bonds is 2. The molecule has 1 heterocycles. The number of methoxy groups -OCH3 is 1. The van der Waals surface area contributed by atoms with E-state index in [2.05, 4.69) is 4.74 Å². The number of nitrogens with zero attached hydrogens (tertiary/aromatic N) is 1. The summed E-state index contributed by atoms with van der Waals surface area (Å²) in [5.74, 6) is -2.91. The highest BCUT2D eigenvalue weighted by Gasteiger charge is 2.42. The minimum Gasteiger partial charge on any atom is -0.481 e. The molecule has 2 atom stereocenters. The summed E-state index contributed by atoms with van der Waals surface area (Å²) >= 11 is 0. The third-order valence-corrected chi connectivity index (χ3v) is 2.80. The molecule has 1 saturated heterocycles. The van der Waals surface area contributed by atoms with E-state index in [1.807, 2.05) is 0 Å². The molecule has 0 aromatic carbocycles. The summed E-state index contributed by atoms with van der Waals surface area (Å²) in [6.07, 6.45) is 0.975. The summed E-state index contributed by atoms with van der Waals surface area (Å²) in [6, 6.07) is -0.992. The van der Waals surface area contributed by atoms with E-state index in [1.165, 1.54) is 18.9 Å². The van der Waals surface area contributed by atoms with Gasteiger partial charge in [0, 0.05) is 13.5 Å². The van der Waals surface area contributed by atoms with Crippen molar-refractivity contribution in [1.82, 2.24) is 4.90 Å². The maximum absolute atomic E-state index is 11.5. The van der Waals surface area contributed by atoms with Gasteiger partial charge in [-0.15, -0.1) is 0 Å². The van der Waals surface area contributed by atoms with Crippen LogP contribution in [0.25, 0.3) is 0 Å². The number of amides is 1. The van der Waals surface area contributed by atoms with Gasteiger partial charge in [0.1, 0.15) is 6.04 Å². The largest absolute Gasteiger partial charge is 0.481 e. The van der Waals surface area contributed by atoms with Gasteiger partial charge in [-0.05, 0) is 12.8 Å². The molecule has 0 radical (unpaired) electrons. The van der Waals surface area contributed by atoms with E-state index < -0.39 is 23.9 Å². The van der Waals surface area contributed by atoms with Crippen LogP contribution >= 0.6 is 0 Å². The number of esters is 1. The molecule has 0 aromatic heterocycles. The smallest absolute Gasteiger partial charge is 0.329 e. The first-order valence-electron chi connectivity index (χ1n) is 5.07. The minimum absolute atomic E-state index is 0.304. The number of hydrogen-bond acceptors (Lipinski definition) is 4. The topological polar surface area (TPSA) is 83.9 Å². The van der Waals surface area contributed by atoms with Crippen LogP contribution in [-0.4, -0.2) is 47.5 Å². The van der Waals surface area contributed by atoms with Crippen molar-refractivity contribution in [3.05, 3.63) is 0 Å². The molecule has 0 aliphatic carbocycles. The van der Waals surface area contributed by atoms with Crippen molar-refractivity contribution in [2.24, 2.45) is 5.92 Å². The van der Waals surface area contributed by atoms with Crippen molar-refractivity contribution < 1.29 is 24.2 Å². The fourth-order valence-corrected chi connectivity index (χ4v) is 2.02. The van der Waals surface area contributed by atoms with Gasteiger partial charge < -0.3 is 14.7 Å². The molecular weight excluding hydrogens is 214 g/mol. The monoisotopic (exact) mass is 229 g/mol. The number of likely N-dealkylation sites (tertiary alicyclic amines) is 1. The Bertz CT molecular complexity index is 292. The van der Waals surface area contributed by atoms with Crippen LogP contribution < -0.4 is 0 Å². The van der Waals surface area contributed by atoms with Crippen molar-refractivity contribution in [2.45, 2.75) is 25.8 Å². The van der Waals surface area contributed by atoms with Crippen LogP contribution in [0.3, 0.4) is 0 Å². The number of piperidine rings is 1. The van der Waals surface area contributed by atoms with Gasteiger partial charge in [0.05, 0.1) is 13.0 Å². The molecule has 1 amide bonds. The number of carboxylic acid groups (broad SMARTS) is 1. The average Bonchev–Trinajstić information content (AvgIpc) is 2.26. The van der Waals surface area contributed by atoms with Crippen molar-refractivity contribution in [2.75, 3.05) is 13.7 Å². The van der Waals surface area contributed by atoms with E-state index in [4.69, 9.17) is 5.11 Å². The Balaban J connectivity index is 2.98. The van der Waals surface area contributed by atoms with Crippen LogP contribution in [0, 0.1) is 5.92 Å². The van der Waals surface area contributed by atoms with Gasteiger partial charge >= 0.3 is 11.9 Å². The molecule has 16 heavy (non-hydrogen) atoms. The second-order valence-electron chi connectivity index (χ2n) is 3.77. The number of carboxylic acids is 1. The second kappa shape index (κ2) is 4.96. The average molecular weight is 229 g/mol. The lowest BCUT2D eigenvalue weighted by Crippen LogP contribution is -2.54. The summed E-state index contributed by atoms with van der Waals surface area (Å²) < 4.78 is 4.55. The third-order valence-electron chi connectivity index (χ3n) is 2.80. The molecule has 0 aromatic rings. The Morgan fingerprint density at radius 3 is 2.44 bits per heavy atom. The van der Waals surface area contributed by atoms with Gasteiger partial charge in [-0.3, -0.25) is 9.59 Å². The first kappa shape index (κ1) is 12.5. The molecule has 6 heteroatoms. The fourth-order valence-electron chi connectivity index (χ4n) is 2.02. The van der Waals surface area contributed by atoms with E-state index >= 15 is 0 Å². The van der Waals surface area contributed by atoms with Gasteiger partial charge in [0.25, 0.3) is 0 Å². The zero-order valence-electron chi connectivity index (χ0n) is 9.30. The van der Waals surface area contributed by atoms with Gasteiger partial charge in [-0.1, -0.05) is 0 Å². The molecule has 1 aliphatic heterocycles. The number of aliphatic carboxylic acids is 1. The van der Waals surface area contributed by atoms with Crippen LogP contribution in [0.5, 0.6) is 0 Å². The predicted molar refractivity (Wildman–Crippen MR) is 53.6 cm³/mol. The van der Waals surface area contributed by atoms with Crippen LogP contribution in [0.1, 0.15) is 19.8 Å². The maximum Gasteiger partial charge on any atom is 0.329 e. The van der Waals surface area contributed by atoms with Crippen molar-refractivity contribution >= 4 is 17.8 Å². The predicted octanol–water partition coefficient (Wildman–Crippen LogP) is -0.129. The molecule has 0 unspecified atom stereocenters. The SMILES string of the molecule is COC(=O)[C@@H]1[C@H](C(=O)O)CCCN1C(C)=O. The number of ether oxygens (including phenoxy) is 1. The number of carbonyl (C=O) groups excluding carboxylic acids is 2. The van der Waals surface area contributed by atoms with E-state index in [9.17, 15) is 14.4 Å². The van der Waals surface area contributed by atoms with Gasteiger partial charge in [0.2, 0.25) is 5.91 Å². The summed E-state index contributed by atoms with van der Waals surface area (Å²) in [4.78, 5) is 35.1. The second-order valence-corrected chi connectivity index (χ2v) is 3.77. The lowest BCUT2D eigenvalue weighted by atomic mass is 9.89. The van der Waals surface area contributed by atoms with Gasteiger partial charge in [0.15, 0.2) is 0 Å². The van der Waals surface area contributed by atoms with Gasteiger partial charge in [-0.25, -0.2) is 4.79 Å². The van der Waals surface area contributed by atoms with Crippen LogP contribution in [0.4, 0.5) is 0 Å². The first-order chi connectivity index (χ1) is 7.49. The molecule has 90 valence electrons. The van der Waals surface area contributed by atoms with Crippen LogP contribution in [-0.2, 0) is 19.1 Å². The number of carbonyl (C=O) groups is 3. The standard InChI is InChI=1S/C10H15NO5/c1-6(12)11-5-3-4-7(9(13)14)8(11)10(15)16-2/h7-8H,3-5H2,1-2H3,(H,13,14)/t7-,8+/m1/s1. The third kappa shape index (κ3) is 2.32. The highest BCUT2D eigenvalue weighted by molar-refractivity contribution is 5.88. The summed E-state index contributed by atoms with van der Waals surface area (Å²) in [7, 11) is 1.19. The summed E-state index contributed by atoms with van der Waals surface area (Å²) in [6.45, 7) is 1.72. The van der Waals surface area contributed by atoms with Crippen molar-refractivity contribution in [3.8, 4) is 0 Å². The Labute approximate surface area is 93.2 Å². The van der Waals surface area contributed by atoms with E-state index in [0.29, 0.717) is 19.4 Å². The molecule has 1 N–H and O–H groups in total. The first-order valence-corrected chi connectivity index (χ1v) is 5.07. The Hall–Kier alpha value is -1.59. The lowest BCUT2D eigenvalue weighted by molar-refractivity contribution is -0.163. The quantitative estimate of drug-likeness (QED) is 0.667. The summed E-state index contributed by atoms with van der Waals surface area (Å²) in [5, 5.41) is 9.01. The Morgan fingerprint density at radius 1 is 1.38 bits per heavy atom. The van der Waals surface area contributed by atoms with Crippen molar-refractivity contribution in [3.63, 3.8) is 0 Å². The Kier molecular flexibility index (Phi) is 3.87. The molecule has 0 spiro atoms. The minimum atomic E-state index is -1.07. The highest BCUT2D eigenvalue weighted by atomic mass is 16.5. The zero-order valence-corrected chi connectivity index (χ0v) is 9.30.